The third-order valence-corrected chi connectivity index (χ3v) is 3.72. The molecule has 0 bridgehead atoms. The zero-order chi connectivity index (χ0) is 12.5. The molecule has 92 valence electrons. The Morgan fingerprint density at radius 3 is 3.17 bits per heavy atom. The molecule has 0 spiro atoms. The normalized spacial score (nSPS) is 22.8. The molecule has 0 aromatic carbocycles. The molecule has 2 saturated heterocycles. The Morgan fingerprint density at radius 1 is 1.44 bits per heavy atom. The Kier molecular flexibility index (Phi) is 2.63. The molecule has 1 unspecified atom stereocenters. The van der Waals surface area contributed by atoms with Gasteiger partial charge in [0.05, 0.1) is 0 Å². The van der Waals surface area contributed by atoms with Crippen molar-refractivity contribution in [2.45, 2.75) is 18.9 Å². The molecule has 1 aromatic heterocycles. The molecule has 1 atom stereocenters. The summed E-state index contributed by atoms with van der Waals surface area (Å²) < 4.78 is 0. The molecule has 3 rings (SSSR count). The molecule has 3 heterocycles. The van der Waals surface area contributed by atoms with Crippen LogP contribution in [0.5, 0.6) is 0 Å². The zero-order valence-corrected chi connectivity index (χ0v) is 10.0. The van der Waals surface area contributed by atoms with Gasteiger partial charge in [0.1, 0.15) is 11.8 Å². The lowest BCUT2D eigenvalue weighted by atomic mass is 10.1. The number of carbonyl (C=O) groups is 1. The SMILES string of the molecule is N#Cc1cc(N2CCN3C(=O)CCC3C2)ccn1. The van der Waals surface area contributed by atoms with E-state index < -0.39 is 0 Å². The second-order valence-electron chi connectivity index (χ2n) is 4.74. The number of pyridine rings is 1. The topological polar surface area (TPSA) is 60.2 Å². The van der Waals surface area contributed by atoms with Gasteiger partial charge in [-0.3, -0.25) is 4.79 Å². The van der Waals surface area contributed by atoms with E-state index >= 15 is 0 Å². The lowest BCUT2D eigenvalue weighted by molar-refractivity contribution is -0.129. The highest BCUT2D eigenvalue weighted by atomic mass is 16.2. The van der Waals surface area contributed by atoms with E-state index in [0.717, 1.165) is 31.7 Å². The molecule has 2 fully saturated rings. The fourth-order valence-corrected chi connectivity index (χ4v) is 2.78. The minimum Gasteiger partial charge on any atom is -0.368 e. The van der Waals surface area contributed by atoms with E-state index in [2.05, 4.69) is 16.0 Å². The fourth-order valence-electron chi connectivity index (χ4n) is 2.78. The third-order valence-electron chi connectivity index (χ3n) is 3.72. The largest absolute Gasteiger partial charge is 0.368 e. The summed E-state index contributed by atoms with van der Waals surface area (Å²) in [5, 5.41) is 8.86. The summed E-state index contributed by atoms with van der Waals surface area (Å²) in [6.45, 7) is 2.48. The maximum absolute atomic E-state index is 11.6. The van der Waals surface area contributed by atoms with Gasteiger partial charge in [-0.05, 0) is 18.6 Å². The number of nitrogens with zero attached hydrogens (tertiary/aromatic N) is 4. The summed E-state index contributed by atoms with van der Waals surface area (Å²) in [6.07, 6.45) is 3.30. The second-order valence-corrected chi connectivity index (χ2v) is 4.74. The Hall–Kier alpha value is -2.09. The van der Waals surface area contributed by atoms with E-state index in [1.165, 1.54) is 0 Å². The van der Waals surface area contributed by atoms with E-state index in [-0.39, 0.29) is 5.91 Å². The molecule has 5 heteroatoms. The Bertz CT molecular complexity index is 522. The number of anilines is 1. The van der Waals surface area contributed by atoms with E-state index in [9.17, 15) is 4.79 Å². The molecule has 1 aromatic rings. The monoisotopic (exact) mass is 242 g/mol. The van der Waals surface area contributed by atoms with Crippen molar-refractivity contribution in [1.82, 2.24) is 9.88 Å². The van der Waals surface area contributed by atoms with Crippen LogP contribution in [0.25, 0.3) is 0 Å². The number of hydrogen-bond acceptors (Lipinski definition) is 4. The Balaban J connectivity index is 1.78. The van der Waals surface area contributed by atoms with E-state index in [1.807, 2.05) is 17.0 Å². The minimum absolute atomic E-state index is 0.284. The molecule has 18 heavy (non-hydrogen) atoms. The van der Waals surface area contributed by atoms with Crippen LogP contribution in [0.2, 0.25) is 0 Å². The number of fused-ring (bicyclic) bond motifs is 1. The van der Waals surface area contributed by atoms with Gasteiger partial charge in [-0.2, -0.15) is 5.26 Å². The number of rotatable bonds is 1. The maximum atomic E-state index is 11.6. The summed E-state index contributed by atoms with van der Waals surface area (Å²) in [5.74, 6) is 0.284. The van der Waals surface area contributed by atoms with Gasteiger partial charge in [0.15, 0.2) is 0 Å². The predicted octanol–water partition coefficient (Wildman–Crippen LogP) is 0.764. The molecule has 0 N–H and O–H groups in total. The van der Waals surface area contributed by atoms with Crippen LogP contribution in [0.3, 0.4) is 0 Å². The number of nitriles is 1. The van der Waals surface area contributed by atoms with Crippen molar-refractivity contribution < 1.29 is 4.79 Å². The predicted molar refractivity (Wildman–Crippen MR) is 65.9 cm³/mol. The van der Waals surface area contributed by atoms with Crippen LogP contribution >= 0.6 is 0 Å². The zero-order valence-electron chi connectivity index (χ0n) is 10.0. The van der Waals surface area contributed by atoms with Gasteiger partial charge in [-0.1, -0.05) is 0 Å². The van der Waals surface area contributed by atoms with E-state index in [1.54, 1.807) is 6.20 Å². The van der Waals surface area contributed by atoms with E-state index in [0.29, 0.717) is 18.2 Å². The number of carbonyl (C=O) groups excluding carboxylic acids is 1. The van der Waals surface area contributed by atoms with Gasteiger partial charge >= 0.3 is 0 Å². The van der Waals surface area contributed by atoms with Crippen molar-refractivity contribution in [3.05, 3.63) is 24.0 Å². The molecular weight excluding hydrogens is 228 g/mol. The van der Waals surface area contributed by atoms with Gasteiger partial charge < -0.3 is 9.80 Å². The third kappa shape index (κ3) is 1.80. The Morgan fingerprint density at radius 2 is 2.33 bits per heavy atom. The maximum Gasteiger partial charge on any atom is 0.223 e. The summed E-state index contributed by atoms with van der Waals surface area (Å²) in [5.41, 5.74) is 1.47. The van der Waals surface area contributed by atoms with Gasteiger partial charge in [-0.15, -0.1) is 0 Å². The molecule has 2 aliphatic heterocycles. The quantitative estimate of drug-likeness (QED) is 0.729. The highest BCUT2D eigenvalue weighted by molar-refractivity contribution is 5.79. The number of amides is 1. The first-order chi connectivity index (χ1) is 8.78. The van der Waals surface area contributed by atoms with E-state index in [4.69, 9.17) is 5.26 Å². The van der Waals surface area contributed by atoms with Crippen molar-refractivity contribution in [2.75, 3.05) is 24.5 Å². The molecular formula is C13H14N4O. The van der Waals surface area contributed by atoms with Gasteiger partial charge in [0.2, 0.25) is 5.91 Å². The first-order valence-electron chi connectivity index (χ1n) is 6.18. The van der Waals surface area contributed by atoms with Gasteiger partial charge in [0.25, 0.3) is 0 Å². The smallest absolute Gasteiger partial charge is 0.223 e. The van der Waals surface area contributed by atoms with Crippen LogP contribution in [-0.2, 0) is 4.79 Å². The van der Waals surface area contributed by atoms with Gasteiger partial charge in [-0.25, -0.2) is 4.98 Å². The summed E-state index contributed by atoms with van der Waals surface area (Å²) in [7, 11) is 0. The summed E-state index contributed by atoms with van der Waals surface area (Å²) in [6, 6.07) is 6.13. The van der Waals surface area contributed by atoms with Crippen molar-refractivity contribution in [2.24, 2.45) is 0 Å². The molecule has 5 nitrogen and oxygen atoms in total. The lowest BCUT2D eigenvalue weighted by Crippen LogP contribution is -2.51. The highest BCUT2D eigenvalue weighted by Gasteiger charge is 2.35. The first-order valence-corrected chi connectivity index (χ1v) is 6.18. The molecule has 0 saturated carbocycles. The number of aromatic nitrogens is 1. The van der Waals surface area contributed by atoms with Crippen LogP contribution in [0, 0.1) is 11.3 Å². The summed E-state index contributed by atoms with van der Waals surface area (Å²) in [4.78, 5) is 19.8. The second kappa shape index (κ2) is 4.30. The van der Waals surface area contributed by atoms with Crippen LogP contribution < -0.4 is 4.90 Å². The average Bonchev–Trinajstić information content (AvgIpc) is 2.80. The molecule has 0 aliphatic carbocycles. The minimum atomic E-state index is 0.284. The average molecular weight is 242 g/mol. The number of hydrogen-bond donors (Lipinski definition) is 0. The highest BCUT2D eigenvalue weighted by Crippen LogP contribution is 2.26. The van der Waals surface area contributed by atoms with Crippen LogP contribution in [0.4, 0.5) is 5.69 Å². The number of piperazine rings is 1. The standard InChI is InChI=1S/C13H14N4O/c14-8-10-7-11(3-4-15-10)16-5-6-17-12(9-16)1-2-13(17)18/h3-4,7,12H,1-2,5-6,9H2. The van der Waals surface area contributed by atoms with Gasteiger partial charge in [0, 0.05) is 44.0 Å². The molecule has 0 radical (unpaired) electrons. The van der Waals surface area contributed by atoms with Crippen molar-refractivity contribution in [3.63, 3.8) is 0 Å². The summed E-state index contributed by atoms with van der Waals surface area (Å²) >= 11 is 0. The van der Waals surface area contributed by atoms with Crippen LogP contribution in [-0.4, -0.2) is 41.5 Å². The van der Waals surface area contributed by atoms with Crippen molar-refractivity contribution >= 4 is 11.6 Å². The lowest BCUT2D eigenvalue weighted by Gasteiger charge is -2.38. The van der Waals surface area contributed by atoms with Crippen LogP contribution in [0.15, 0.2) is 18.3 Å². The molecule has 2 aliphatic rings. The van der Waals surface area contributed by atoms with Crippen molar-refractivity contribution in [1.29, 1.82) is 5.26 Å². The Labute approximate surface area is 106 Å². The first kappa shape index (κ1) is 11.0. The molecule has 1 amide bonds. The van der Waals surface area contributed by atoms with Crippen molar-refractivity contribution in [3.8, 4) is 6.07 Å². The van der Waals surface area contributed by atoms with Crippen LogP contribution in [0.1, 0.15) is 18.5 Å². The fraction of sp³-hybridized carbons (Fsp3) is 0.462.